The number of ether oxygens (including phenoxy) is 1. The second-order valence-electron chi connectivity index (χ2n) is 3.72. The molecule has 18 heavy (non-hydrogen) atoms. The van der Waals surface area contributed by atoms with Gasteiger partial charge in [-0.2, -0.15) is 0 Å². The van der Waals surface area contributed by atoms with Crippen LogP contribution in [-0.4, -0.2) is 0 Å². The van der Waals surface area contributed by atoms with Crippen LogP contribution >= 0.6 is 31.9 Å². The summed E-state index contributed by atoms with van der Waals surface area (Å²) in [5, 5.41) is 0. The van der Waals surface area contributed by atoms with Gasteiger partial charge in [-0.15, -0.1) is 0 Å². The largest absolute Gasteiger partial charge is 0.487 e. The van der Waals surface area contributed by atoms with Crippen LogP contribution in [0.25, 0.3) is 0 Å². The van der Waals surface area contributed by atoms with Crippen LogP contribution in [0.15, 0.2) is 45.3 Å². The quantitative estimate of drug-likeness (QED) is 0.802. The van der Waals surface area contributed by atoms with Crippen LogP contribution < -0.4 is 10.5 Å². The van der Waals surface area contributed by atoms with Crippen molar-refractivity contribution in [3.8, 4) is 5.75 Å². The fourth-order valence-electron chi connectivity index (χ4n) is 1.41. The molecular formula is C13H10Br2FNO. The summed E-state index contributed by atoms with van der Waals surface area (Å²) >= 11 is 6.46. The van der Waals surface area contributed by atoms with Gasteiger partial charge in [-0.3, -0.25) is 0 Å². The molecular weight excluding hydrogens is 365 g/mol. The van der Waals surface area contributed by atoms with E-state index in [0.29, 0.717) is 16.8 Å². The molecule has 0 fully saturated rings. The standard InChI is InChI=1S/C13H10Br2FNO/c14-9-3-1-8(2-4-9)7-18-13-5-10(15)11(16)6-12(13)17/h1-6H,7,17H2. The van der Waals surface area contributed by atoms with Gasteiger partial charge in [0.2, 0.25) is 0 Å². The molecule has 0 bridgehead atoms. The monoisotopic (exact) mass is 373 g/mol. The van der Waals surface area contributed by atoms with Gasteiger partial charge in [0.15, 0.2) is 0 Å². The van der Waals surface area contributed by atoms with Gasteiger partial charge in [0.05, 0.1) is 10.2 Å². The first-order chi connectivity index (χ1) is 8.56. The third-order valence-electron chi connectivity index (χ3n) is 2.36. The van der Waals surface area contributed by atoms with Crippen LogP contribution in [0, 0.1) is 5.82 Å². The normalized spacial score (nSPS) is 10.4. The highest BCUT2D eigenvalue weighted by Crippen LogP contribution is 2.29. The lowest BCUT2D eigenvalue weighted by Crippen LogP contribution is -1.99. The molecule has 2 N–H and O–H groups in total. The highest BCUT2D eigenvalue weighted by Gasteiger charge is 2.07. The Kier molecular flexibility index (Phi) is 4.24. The number of hydrogen-bond donors (Lipinski definition) is 1. The summed E-state index contributed by atoms with van der Waals surface area (Å²) in [4.78, 5) is 0. The fourth-order valence-corrected chi connectivity index (χ4v) is 2.00. The average Bonchev–Trinajstić information content (AvgIpc) is 2.34. The van der Waals surface area contributed by atoms with Crippen molar-refractivity contribution < 1.29 is 9.13 Å². The number of hydrogen-bond acceptors (Lipinski definition) is 2. The molecule has 0 saturated heterocycles. The highest BCUT2D eigenvalue weighted by atomic mass is 79.9. The number of rotatable bonds is 3. The Morgan fingerprint density at radius 3 is 2.44 bits per heavy atom. The minimum atomic E-state index is -0.400. The van der Waals surface area contributed by atoms with Crippen molar-refractivity contribution in [2.24, 2.45) is 0 Å². The van der Waals surface area contributed by atoms with Gasteiger partial charge < -0.3 is 10.5 Å². The van der Waals surface area contributed by atoms with Gasteiger partial charge in [0.1, 0.15) is 18.2 Å². The second-order valence-corrected chi connectivity index (χ2v) is 5.49. The van der Waals surface area contributed by atoms with E-state index >= 15 is 0 Å². The lowest BCUT2D eigenvalue weighted by atomic mass is 10.2. The van der Waals surface area contributed by atoms with E-state index < -0.39 is 5.82 Å². The van der Waals surface area contributed by atoms with Crippen LogP contribution in [0.2, 0.25) is 0 Å². The SMILES string of the molecule is Nc1cc(F)c(Br)cc1OCc1ccc(Br)cc1. The van der Waals surface area contributed by atoms with Gasteiger partial charge in [0, 0.05) is 10.5 Å². The molecule has 0 saturated carbocycles. The highest BCUT2D eigenvalue weighted by molar-refractivity contribution is 9.10. The Morgan fingerprint density at radius 1 is 1.11 bits per heavy atom. The van der Waals surface area contributed by atoms with Crippen molar-refractivity contribution in [3.63, 3.8) is 0 Å². The molecule has 0 unspecified atom stereocenters. The van der Waals surface area contributed by atoms with Crippen molar-refractivity contribution in [2.75, 3.05) is 5.73 Å². The van der Waals surface area contributed by atoms with Gasteiger partial charge in [0.25, 0.3) is 0 Å². The van der Waals surface area contributed by atoms with Gasteiger partial charge in [-0.1, -0.05) is 28.1 Å². The third-order valence-corrected chi connectivity index (χ3v) is 3.50. The predicted molar refractivity (Wildman–Crippen MR) is 77.0 cm³/mol. The third kappa shape index (κ3) is 3.23. The van der Waals surface area contributed by atoms with Gasteiger partial charge in [-0.05, 0) is 39.7 Å². The first kappa shape index (κ1) is 13.4. The van der Waals surface area contributed by atoms with Crippen LogP contribution in [0.1, 0.15) is 5.56 Å². The smallest absolute Gasteiger partial charge is 0.144 e. The van der Waals surface area contributed by atoms with E-state index in [2.05, 4.69) is 31.9 Å². The Labute approximate surface area is 121 Å². The first-order valence-corrected chi connectivity index (χ1v) is 6.76. The Balaban J connectivity index is 2.10. The predicted octanol–water partition coefficient (Wildman–Crippen LogP) is 4.51. The molecule has 2 nitrogen and oxygen atoms in total. The molecule has 0 heterocycles. The molecule has 2 aromatic rings. The molecule has 0 aliphatic rings. The van der Waals surface area contributed by atoms with Crippen LogP contribution in [-0.2, 0) is 6.61 Å². The van der Waals surface area contributed by atoms with Crippen LogP contribution in [0.4, 0.5) is 10.1 Å². The van der Waals surface area contributed by atoms with E-state index in [4.69, 9.17) is 10.5 Å². The molecule has 0 atom stereocenters. The Hall–Kier alpha value is -1.07. The molecule has 2 rings (SSSR count). The summed E-state index contributed by atoms with van der Waals surface area (Å²) < 4.78 is 20.1. The lowest BCUT2D eigenvalue weighted by Gasteiger charge is -2.10. The number of benzene rings is 2. The van der Waals surface area contributed by atoms with Crippen molar-refractivity contribution >= 4 is 37.5 Å². The van der Waals surface area contributed by atoms with E-state index in [-0.39, 0.29) is 5.69 Å². The first-order valence-electron chi connectivity index (χ1n) is 5.18. The molecule has 2 aromatic carbocycles. The molecule has 0 spiro atoms. The maximum atomic E-state index is 13.2. The molecule has 0 radical (unpaired) electrons. The van der Waals surface area contributed by atoms with Crippen LogP contribution in [0.5, 0.6) is 5.75 Å². The molecule has 0 aliphatic carbocycles. The average molecular weight is 375 g/mol. The molecule has 94 valence electrons. The molecule has 0 amide bonds. The molecule has 0 aliphatic heterocycles. The van der Waals surface area contributed by atoms with Gasteiger partial charge >= 0.3 is 0 Å². The minimum Gasteiger partial charge on any atom is -0.487 e. The van der Waals surface area contributed by atoms with E-state index in [1.165, 1.54) is 12.1 Å². The Morgan fingerprint density at radius 2 is 1.78 bits per heavy atom. The number of nitrogens with two attached hydrogens (primary N) is 1. The molecule has 0 aromatic heterocycles. The number of nitrogen functional groups attached to an aromatic ring is 1. The van der Waals surface area contributed by atoms with E-state index in [9.17, 15) is 4.39 Å². The summed E-state index contributed by atoms with van der Waals surface area (Å²) in [6.07, 6.45) is 0. The second kappa shape index (κ2) is 5.71. The van der Waals surface area contributed by atoms with E-state index in [1.54, 1.807) is 0 Å². The molecule has 5 heteroatoms. The van der Waals surface area contributed by atoms with Crippen molar-refractivity contribution in [2.45, 2.75) is 6.61 Å². The van der Waals surface area contributed by atoms with Crippen molar-refractivity contribution in [1.82, 2.24) is 0 Å². The minimum absolute atomic E-state index is 0.285. The summed E-state index contributed by atoms with van der Waals surface area (Å²) in [6, 6.07) is 10.5. The summed E-state index contributed by atoms with van der Waals surface area (Å²) in [5.41, 5.74) is 6.98. The zero-order chi connectivity index (χ0) is 13.1. The summed E-state index contributed by atoms with van der Waals surface area (Å²) in [7, 11) is 0. The van der Waals surface area contributed by atoms with E-state index in [0.717, 1.165) is 10.0 Å². The van der Waals surface area contributed by atoms with Crippen molar-refractivity contribution in [3.05, 3.63) is 56.7 Å². The van der Waals surface area contributed by atoms with Gasteiger partial charge in [-0.25, -0.2) is 4.39 Å². The fraction of sp³-hybridized carbons (Fsp3) is 0.0769. The number of halogens is 3. The lowest BCUT2D eigenvalue weighted by molar-refractivity contribution is 0.307. The zero-order valence-electron chi connectivity index (χ0n) is 9.29. The van der Waals surface area contributed by atoms with Crippen molar-refractivity contribution in [1.29, 1.82) is 0 Å². The topological polar surface area (TPSA) is 35.2 Å². The maximum Gasteiger partial charge on any atom is 0.144 e. The Bertz CT molecular complexity index is 558. The maximum absolute atomic E-state index is 13.2. The summed E-state index contributed by atoms with van der Waals surface area (Å²) in [6.45, 7) is 0.384. The van der Waals surface area contributed by atoms with Crippen LogP contribution in [0.3, 0.4) is 0 Å². The zero-order valence-corrected chi connectivity index (χ0v) is 12.5. The summed E-state index contributed by atoms with van der Waals surface area (Å²) in [5.74, 6) is 0.0645. The number of anilines is 1. The van der Waals surface area contributed by atoms with E-state index in [1.807, 2.05) is 24.3 Å².